The van der Waals surface area contributed by atoms with Crippen LogP contribution in [-0.2, 0) is 4.79 Å². The van der Waals surface area contributed by atoms with Gasteiger partial charge in [-0.2, -0.15) is 5.26 Å². The van der Waals surface area contributed by atoms with Crippen LogP contribution in [0.25, 0.3) is 6.08 Å². The number of nitrogens with one attached hydrogen (secondary N) is 1. The van der Waals surface area contributed by atoms with Crippen LogP contribution in [0.3, 0.4) is 0 Å². The molecule has 0 radical (unpaired) electrons. The van der Waals surface area contributed by atoms with Crippen LogP contribution < -0.4 is 19.5 Å². The quantitative estimate of drug-likeness (QED) is 0.481. The van der Waals surface area contributed by atoms with E-state index < -0.39 is 5.91 Å². The molecule has 152 valence electrons. The van der Waals surface area contributed by atoms with Gasteiger partial charge in [0, 0.05) is 0 Å². The zero-order valence-electron chi connectivity index (χ0n) is 16.8. The monoisotopic (exact) mass is 414 g/mol. The molecule has 0 unspecified atom stereocenters. The summed E-state index contributed by atoms with van der Waals surface area (Å²) in [7, 11) is 1.49. The lowest BCUT2D eigenvalue weighted by molar-refractivity contribution is -0.112. The number of methoxy groups -OCH3 is 1. The van der Waals surface area contributed by atoms with Crippen molar-refractivity contribution in [1.82, 2.24) is 0 Å². The largest absolute Gasteiger partial charge is 0.493 e. The minimum absolute atomic E-state index is 0.0892. The Labute approximate surface area is 175 Å². The van der Waals surface area contributed by atoms with Crippen molar-refractivity contribution in [3.63, 3.8) is 0 Å². The first-order valence-electron chi connectivity index (χ1n) is 9.08. The third-order valence-corrected chi connectivity index (χ3v) is 4.00. The average molecular weight is 415 g/mol. The van der Waals surface area contributed by atoms with Gasteiger partial charge in [0.05, 0.1) is 30.5 Å². The van der Waals surface area contributed by atoms with Crippen LogP contribution in [-0.4, -0.2) is 25.7 Å². The average Bonchev–Trinajstić information content (AvgIpc) is 2.69. The highest BCUT2D eigenvalue weighted by molar-refractivity contribution is 6.32. The topological polar surface area (TPSA) is 80.6 Å². The molecule has 0 fully saturated rings. The summed E-state index contributed by atoms with van der Waals surface area (Å²) in [6, 6.07) is 12.2. The normalized spacial score (nSPS) is 11.0. The Hall–Kier alpha value is -3.17. The number of carbonyl (C=O) groups excluding carboxylic acids is 1. The number of anilines is 1. The fraction of sp³-hybridized carbons (Fsp3) is 0.273. The third-order valence-electron chi connectivity index (χ3n) is 3.72. The van der Waals surface area contributed by atoms with Crippen molar-refractivity contribution in [1.29, 1.82) is 5.26 Å². The molecule has 7 heteroatoms. The number of amides is 1. The number of halogens is 1. The lowest BCUT2D eigenvalue weighted by Crippen LogP contribution is -2.14. The molecule has 0 heterocycles. The molecule has 29 heavy (non-hydrogen) atoms. The number of nitrogens with zero attached hydrogens (tertiary/aromatic N) is 1. The third kappa shape index (κ3) is 5.90. The number of benzene rings is 2. The van der Waals surface area contributed by atoms with Crippen LogP contribution in [0.4, 0.5) is 5.69 Å². The molecule has 0 saturated heterocycles. The summed E-state index contributed by atoms with van der Waals surface area (Å²) in [5.74, 6) is 0.796. The van der Waals surface area contributed by atoms with Crippen LogP contribution in [0.1, 0.15) is 26.3 Å². The molecule has 0 aliphatic heterocycles. The Balaban J connectivity index is 2.33. The van der Waals surface area contributed by atoms with E-state index in [-0.39, 0.29) is 11.7 Å². The van der Waals surface area contributed by atoms with Crippen molar-refractivity contribution in [2.75, 3.05) is 19.0 Å². The summed E-state index contributed by atoms with van der Waals surface area (Å²) in [6.07, 6.45) is 1.35. The van der Waals surface area contributed by atoms with E-state index in [1.807, 2.05) is 26.8 Å². The van der Waals surface area contributed by atoms with Gasteiger partial charge in [0.2, 0.25) is 0 Å². The number of ether oxygens (including phenoxy) is 3. The van der Waals surface area contributed by atoms with E-state index in [0.29, 0.717) is 40.1 Å². The summed E-state index contributed by atoms with van der Waals surface area (Å²) in [5, 5.41) is 12.5. The van der Waals surface area contributed by atoms with Gasteiger partial charge in [-0.3, -0.25) is 4.79 Å². The molecule has 1 amide bonds. The molecule has 2 aromatic carbocycles. The first kappa shape index (κ1) is 22.1. The first-order chi connectivity index (χ1) is 13.9. The molecular weight excluding hydrogens is 392 g/mol. The Morgan fingerprint density at radius 1 is 1.28 bits per heavy atom. The van der Waals surface area contributed by atoms with E-state index in [1.165, 1.54) is 13.2 Å². The zero-order valence-corrected chi connectivity index (χ0v) is 17.5. The van der Waals surface area contributed by atoms with Crippen LogP contribution in [0.15, 0.2) is 42.0 Å². The van der Waals surface area contributed by atoms with Crippen molar-refractivity contribution in [3.05, 3.63) is 52.6 Å². The van der Waals surface area contributed by atoms with Crippen LogP contribution in [0, 0.1) is 11.3 Å². The summed E-state index contributed by atoms with van der Waals surface area (Å²) >= 11 is 6.31. The van der Waals surface area contributed by atoms with E-state index in [0.717, 1.165) is 0 Å². The van der Waals surface area contributed by atoms with Crippen molar-refractivity contribution < 1.29 is 19.0 Å². The number of nitriles is 1. The molecule has 0 aromatic heterocycles. The van der Waals surface area contributed by atoms with Gasteiger partial charge in [0.1, 0.15) is 17.4 Å². The molecule has 0 bridgehead atoms. The van der Waals surface area contributed by atoms with Gasteiger partial charge in [-0.25, -0.2) is 0 Å². The Bertz CT molecular complexity index is 948. The minimum Gasteiger partial charge on any atom is -0.493 e. The smallest absolute Gasteiger partial charge is 0.266 e. The summed E-state index contributed by atoms with van der Waals surface area (Å²) in [5.41, 5.74) is 0.927. The van der Waals surface area contributed by atoms with Gasteiger partial charge in [0.25, 0.3) is 5.91 Å². The van der Waals surface area contributed by atoms with E-state index in [2.05, 4.69) is 5.32 Å². The summed E-state index contributed by atoms with van der Waals surface area (Å²) in [6.45, 7) is 6.06. The molecule has 0 spiro atoms. The highest BCUT2D eigenvalue weighted by atomic mass is 35.5. The van der Waals surface area contributed by atoms with Gasteiger partial charge >= 0.3 is 0 Å². The second-order valence-corrected chi connectivity index (χ2v) is 6.66. The van der Waals surface area contributed by atoms with E-state index in [9.17, 15) is 10.1 Å². The predicted molar refractivity (Wildman–Crippen MR) is 114 cm³/mol. The number of para-hydroxylation sites is 2. The van der Waals surface area contributed by atoms with Crippen molar-refractivity contribution in [2.45, 2.75) is 26.9 Å². The van der Waals surface area contributed by atoms with Crippen LogP contribution >= 0.6 is 11.6 Å². The molecule has 0 saturated carbocycles. The molecule has 0 atom stereocenters. The highest BCUT2D eigenvalue weighted by Gasteiger charge is 2.16. The Kier molecular flexibility index (Phi) is 7.93. The molecule has 2 aromatic rings. The second-order valence-electron chi connectivity index (χ2n) is 6.25. The predicted octanol–water partition coefficient (Wildman–Crippen LogP) is 5.08. The zero-order chi connectivity index (χ0) is 21.4. The molecule has 1 N–H and O–H groups in total. The van der Waals surface area contributed by atoms with Crippen LogP contribution in [0.2, 0.25) is 5.02 Å². The van der Waals surface area contributed by atoms with E-state index >= 15 is 0 Å². The fourth-order valence-electron chi connectivity index (χ4n) is 2.53. The SMILES string of the molecule is CCOc1ccccc1NC(=O)/C(C#N)=C/c1cc(Cl)c(OC(C)C)c(OC)c1. The number of hydrogen-bond acceptors (Lipinski definition) is 5. The standard InChI is InChI=1S/C22H23ClN2O4/c1-5-28-19-9-7-6-8-18(19)25-22(26)16(13-24)10-15-11-17(23)21(29-14(2)3)20(12-15)27-4/h6-12,14H,5H2,1-4H3,(H,25,26)/b16-10+. The molecule has 2 rings (SSSR count). The number of rotatable bonds is 8. The van der Waals surface area contributed by atoms with Gasteiger partial charge < -0.3 is 19.5 Å². The maximum Gasteiger partial charge on any atom is 0.266 e. The number of carbonyl (C=O) groups is 1. The van der Waals surface area contributed by atoms with E-state index in [4.69, 9.17) is 25.8 Å². The van der Waals surface area contributed by atoms with Crippen molar-refractivity contribution in [3.8, 4) is 23.3 Å². The molecule has 6 nitrogen and oxygen atoms in total. The van der Waals surface area contributed by atoms with E-state index in [1.54, 1.807) is 36.4 Å². The molecule has 0 aliphatic carbocycles. The summed E-state index contributed by atoms with van der Waals surface area (Å²) in [4.78, 5) is 12.6. The fourth-order valence-corrected chi connectivity index (χ4v) is 2.79. The minimum atomic E-state index is -0.558. The summed E-state index contributed by atoms with van der Waals surface area (Å²) < 4.78 is 16.5. The van der Waals surface area contributed by atoms with Gasteiger partial charge in [-0.05, 0) is 56.7 Å². The van der Waals surface area contributed by atoms with Crippen molar-refractivity contribution in [2.24, 2.45) is 0 Å². The lowest BCUT2D eigenvalue weighted by Gasteiger charge is -2.15. The van der Waals surface area contributed by atoms with Crippen LogP contribution in [0.5, 0.6) is 17.2 Å². The van der Waals surface area contributed by atoms with Crippen molar-refractivity contribution >= 4 is 29.3 Å². The molecule has 0 aliphatic rings. The lowest BCUT2D eigenvalue weighted by atomic mass is 10.1. The van der Waals surface area contributed by atoms with Gasteiger partial charge in [-0.15, -0.1) is 0 Å². The maximum atomic E-state index is 12.6. The Morgan fingerprint density at radius 3 is 2.62 bits per heavy atom. The van der Waals surface area contributed by atoms with Gasteiger partial charge in [-0.1, -0.05) is 23.7 Å². The first-order valence-corrected chi connectivity index (χ1v) is 9.46. The van der Waals surface area contributed by atoms with Gasteiger partial charge in [0.15, 0.2) is 11.5 Å². The highest BCUT2D eigenvalue weighted by Crippen LogP contribution is 2.37. The second kappa shape index (κ2) is 10.4. The number of hydrogen-bond donors (Lipinski definition) is 1. The Morgan fingerprint density at radius 2 is 2.00 bits per heavy atom. The molecular formula is C22H23ClN2O4. The maximum absolute atomic E-state index is 12.6.